The second kappa shape index (κ2) is 4.82. The molecule has 0 aliphatic heterocycles. The van der Waals surface area contributed by atoms with Crippen molar-refractivity contribution in [1.29, 1.82) is 0 Å². The first-order chi connectivity index (χ1) is 7.58. The molecule has 1 fully saturated rings. The number of rotatable bonds is 3. The third-order valence-electron chi connectivity index (χ3n) is 3.27. The third kappa shape index (κ3) is 2.44. The van der Waals surface area contributed by atoms with Crippen molar-refractivity contribution >= 4 is 15.9 Å². The van der Waals surface area contributed by atoms with Gasteiger partial charge in [-0.05, 0) is 42.5 Å². The summed E-state index contributed by atoms with van der Waals surface area (Å²) in [7, 11) is 0. The van der Waals surface area contributed by atoms with Gasteiger partial charge in [0, 0.05) is 4.47 Å². The molecule has 1 aliphatic rings. The van der Waals surface area contributed by atoms with Crippen molar-refractivity contribution in [2.75, 3.05) is 0 Å². The van der Waals surface area contributed by atoms with Crippen LogP contribution in [0.15, 0.2) is 22.7 Å². The maximum absolute atomic E-state index is 13.2. The number of aliphatic hydroxyl groups excluding tert-OH is 1. The van der Waals surface area contributed by atoms with Crippen molar-refractivity contribution in [2.24, 2.45) is 11.7 Å². The van der Waals surface area contributed by atoms with E-state index in [4.69, 9.17) is 5.73 Å². The quantitative estimate of drug-likeness (QED) is 0.898. The molecule has 0 aromatic heterocycles. The zero-order valence-electron chi connectivity index (χ0n) is 8.87. The highest BCUT2D eigenvalue weighted by Crippen LogP contribution is 2.34. The van der Waals surface area contributed by atoms with Crippen molar-refractivity contribution in [3.05, 3.63) is 34.1 Å². The minimum Gasteiger partial charge on any atom is -0.391 e. The van der Waals surface area contributed by atoms with Crippen LogP contribution >= 0.6 is 15.9 Å². The van der Waals surface area contributed by atoms with Gasteiger partial charge in [-0.1, -0.05) is 22.4 Å². The summed E-state index contributed by atoms with van der Waals surface area (Å²) in [6, 6.07) is 4.02. The summed E-state index contributed by atoms with van der Waals surface area (Å²) < 4.78 is 13.8. The zero-order valence-corrected chi connectivity index (χ0v) is 10.5. The van der Waals surface area contributed by atoms with Gasteiger partial charge in [0.2, 0.25) is 0 Å². The van der Waals surface area contributed by atoms with Crippen LogP contribution < -0.4 is 5.73 Å². The summed E-state index contributed by atoms with van der Waals surface area (Å²) in [6.45, 7) is 0. The van der Waals surface area contributed by atoms with Gasteiger partial charge in [0.25, 0.3) is 0 Å². The lowest BCUT2D eigenvalue weighted by atomic mass is 9.77. The predicted molar refractivity (Wildman–Crippen MR) is 64.4 cm³/mol. The Bertz CT molecular complexity index is 361. The first-order valence-electron chi connectivity index (χ1n) is 5.47. The van der Waals surface area contributed by atoms with Crippen LogP contribution in [0.4, 0.5) is 4.39 Å². The molecule has 1 aromatic rings. The molecule has 3 N–H and O–H groups in total. The van der Waals surface area contributed by atoms with Crippen molar-refractivity contribution in [2.45, 2.75) is 31.4 Å². The Kier molecular flexibility index (Phi) is 3.62. The van der Waals surface area contributed by atoms with E-state index in [1.165, 1.54) is 12.1 Å². The minimum absolute atomic E-state index is 0.275. The van der Waals surface area contributed by atoms with E-state index < -0.39 is 12.1 Å². The van der Waals surface area contributed by atoms with Crippen LogP contribution in [0.1, 0.15) is 30.9 Å². The predicted octanol–water partition coefficient (Wildman–Crippen LogP) is 2.75. The van der Waals surface area contributed by atoms with E-state index in [1.54, 1.807) is 6.07 Å². The lowest BCUT2D eigenvalue weighted by Gasteiger charge is -2.33. The number of aliphatic hydroxyl groups is 1. The standard InChI is InChI=1S/C12H15BrFNO/c13-9-4-8(5-10(14)6-9)11(15)12(16)7-2-1-3-7/h4-7,11-12,16H,1-3,15H2/t11-,12+/m1/s1. The molecule has 0 saturated heterocycles. The Balaban J connectivity index is 2.15. The zero-order chi connectivity index (χ0) is 11.7. The van der Waals surface area contributed by atoms with Gasteiger partial charge < -0.3 is 10.8 Å². The van der Waals surface area contributed by atoms with Gasteiger partial charge in [0.15, 0.2) is 0 Å². The molecule has 2 nitrogen and oxygen atoms in total. The van der Waals surface area contributed by atoms with Gasteiger partial charge >= 0.3 is 0 Å². The molecule has 4 heteroatoms. The van der Waals surface area contributed by atoms with Crippen molar-refractivity contribution in [3.8, 4) is 0 Å². The van der Waals surface area contributed by atoms with Gasteiger partial charge in [-0.3, -0.25) is 0 Å². The average molecular weight is 288 g/mol. The second-order valence-corrected chi connectivity index (χ2v) is 5.33. The lowest BCUT2D eigenvalue weighted by molar-refractivity contribution is 0.0413. The highest BCUT2D eigenvalue weighted by Gasteiger charge is 2.30. The minimum atomic E-state index is -0.567. The topological polar surface area (TPSA) is 46.2 Å². The molecule has 1 aromatic carbocycles. The summed E-state index contributed by atoms with van der Waals surface area (Å²) >= 11 is 3.22. The summed E-state index contributed by atoms with van der Waals surface area (Å²) in [5.74, 6) is -0.0577. The summed E-state index contributed by atoms with van der Waals surface area (Å²) in [6.07, 6.45) is 2.63. The second-order valence-electron chi connectivity index (χ2n) is 4.41. The molecule has 0 amide bonds. The highest BCUT2D eigenvalue weighted by molar-refractivity contribution is 9.10. The Hall–Kier alpha value is -0.450. The Morgan fingerprint density at radius 1 is 1.38 bits per heavy atom. The number of halogens is 2. The Labute approximate surface area is 103 Å². The number of hydrogen-bond donors (Lipinski definition) is 2. The fourth-order valence-electron chi connectivity index (χ4n) is 2.04. The Morgan fingerprint density at radius 3 is 2.56 bits per heavy atom. The molecule has 2 atom stereocenters. The number of nitrogens with two attached hydrogens (primary N) is 1. The maximum Gasteiger partial charge on any atom is 0.124 e. The molecule has 2 rings (SSSR count). The van der Waals surface area contributed by atoms with Crippen LogP contribution in [0.3, 0.4) is 0 Å². The molecule has 1 aliphatic carbocycles. The van der Waals surface area contributed by atoms with Crippen LogP contribution in [0.2, 0.25) is 0 Å². The average Bonchev–Trinajstić information content (AvgIpc) is 2.12. The molecule has 0 radical (unpaired) electrons. The van der Waals surface area contributed by atoms with Crippen molar-refractivity contribution < 1.29 is 9.50 Å². The lowest BCUT2D eigenvalue weighted by Crippen LogP contribution is -2.36. The van der Waals surface area contributed by atoms with E-state index in [0.29, 0.717) is 10.0 Å². The van der Waals surface area contributed by atoms with Crippen LogP contribution in [-0.2, 0) is 0 Å². The Morgan fingerprint density at radius 2 is 2.06 bits per heavy atom. The van der Waals surface area contributed by atoms with Crippen LogP contribution in [0, 0.1) is 11.7 Å². The van der Waals surface area contributed by atoms with Crippen LogP contribution in [0.5, 0.6) is 0 Å². The molecular weight excluding hydrogens is 273 g/mol. The van der Waals surface area contributed by atoms with E-state index in [2.05, 4.69) is 15.9 Å². The van der Waals surface area contributed by atoms with Gasteiger partial charge in [0.05, 0.1) is 12.1 Å². The summed E-state index contributed by atoms with van der Waals surface area (Å²) in [4.78, 5) is 0. The smallest absolute Gasteiger partial charge is 0.124 e. The number of benzene rings is 1. The molecule has 0 heterocycles. The largest absolute Gasteiger partial charge is 0.391 e. The molecule has 0 unspecified atom stereocenters. The molecule has 0 bridgehead atoms. The highest BCUT2D eigenvalue weighted by atomic mass is 79.9. The van der Waals surface area contributed by atoms with Crippen molar-refractivity contribution in [1.82, 2.24) is 0 Å². The first kappa shape index (κ1) is 12.0. The van der Waals surface area contributed by atoms with Crippen LogP contribution in [-0.4, -0.2) is 11.2 Å². The van der Waals surface area contributed by atoms with Gasteiger partial charge in [0.1, 0.15) is 5.82 Å². The SMILES string of the molecule is N[C@H](c1cc(F)cc(Br)c1)[C@@H](O)C1CCC1. The van der Waals surface area contributed by atoms with E-state index in [-0.39, 0.29) is 11.7 Å². The van der Waals surface area contributed by atoms with Gasteiger partial charge in [-0.25, -0.2) is 4.39 Å². The molecule has 0 spiro atoms. The van der Waals surface area contributed by atoms with E-state index >= 15 is 0 Å². The first-order valence-corrected chi connectivity index (χ1v) is 6.27. The number of hydrogen-bond acceptors (Lipinski definition) is 2. The molecule has 1 saturated carbocycles. The van der Waals surface area contributed by atoms with E-state index in [1.807, 2.05) is 0 Å². The van der Waals surface area contributed by atoms with Gasteiger partial charge in [-0.2, -0.15) is 0 Å². The molecule has 16 heavy (non-hydrogen) atoms. The van der Waals surface area contributed by atoms with Gasteiger partial charge in [-0.15, -0.1) is 0 Å². The van der Waals surface area contributed by atoms with E-state index in [9.17, 15) is 9.50 Å². The van der Waals surface area contributed by atoms with Crippen molar-refractivity contribution in [3.63, 3.8) is 0 Å². The summed E-state index contributed by atoms with van der Waals surface area (Å²) in [5.41, 5.74) is 6.59. The van der Waals surface area contributed by atoms with E-state index in [0.717, 1.165) is 19.3 Å². The molecule has 88 valence electrons. The third-order valence-corrected chi connectivity index (χ3v) is 3.73. The maximum atomic E-state index is 13.2. The monoisotopic (exact) mass is 287 g/mol. The fraction of sp³-hybridized carbons (Fsp3) is 0.500. The normalized spacial score (nSPS) is 20.2. The molecular formula is C12H15BrFNO. The van der Waals surface area contributed by atoms with Crippen LogP contribution in [0.25, 0.3) is 0 Å². The fourth-order valence-corrected chi connectivity index (χ4v) is 2.52. The summed E-state index contributed by atoms with van der Waals surface area (Å²) in [5, 5.41) is 10.0.